The highest BCUT2D eigenvalue weighted by atomic mass is 32.2. The fourth-order valence-corrected chi connectivity index (χ4v) is 6.76. The second-order valence-corrected chi connectivity index (χ2v) is 15.1. The van der Waals surface area contributed by atoms with E-state index in [4.69, 9.17) is 5.26 Å². The predicted molar refractivity (Wildman–Crippen MR) is 211 cm³/mol. The molecule has 2 aliphatic rings. The van der Waals surface area contributed by atoms with Crippen LogP contribution in [0, 0.1) is 0 Å². The van der Waals surface area contributed by atoms with Crippen LogP contribution in [0.3, 0.4) is 0 Å². The molecule has 0 spiro atoms. The highest BCUT2D eigenvalue weighted by Gasteiger charge is 2.31. The molecule has 0 atom stereocenters. The number of imide groups is 2. The summed E-state index contributed by atoms with van der Waals surface area (Å²) in [5.41, 5.74) is 4.23. The number of carbonyl (C=O) groups is 4. The molecule has 17 heteroatoms. The third-order valence-electron chi connectivity index (χ3n) is 9.55. The Kier molecular flexibility index (Phi) is 12.1. The molecule has 2 aliphatic heterocycles. The zero-order chi connectivity index (χ0) is 40.9. The Morgan fingerprint density at radius 2 is 1.16 bits per heavy atom. The molecule has 0 fully saturated rings. The summed E-state index contributed by atoms with van der Waals surface area (Å²) in [6, 6.07) is 18.7. The van der Waals surface area contributed by atoms with Crippen molar-refractivity contribution in [2.45, 2.75) is 25.9 Å². The van der Waals surface area contributed by atoms with Crippen molar-refractivity contribution < 1.29 is 41.8 Å². The Bertz CT molecular complexity index is 2540. The zero-order valence-electron chi connectivity index (χ0n) is 31.8. The summed E-state index contributed by atoms with van der Waals surface area (Å²) >= 11 is 0. The first kappa shape index (κ1) is 40.2. The van der Waals surface area contributed by atoms with Gasteiger partial charge in [0.25, 0.3) is 33.7 Å². The lowest BCUT2D eigenvalue weighted by Crippen LogP contribution is -2.36. The summed E-state index contributed by atoms with van der Waals surface area (Å²) in [6.07, 6.45) is 14.2. The van der Waals surface area contributed by atoms with Crippen molar-refractivity contribution in [3.8, 4) is 0 Å². The van der Waals surface area contributed by atoms with Gasteiger partial charge < -0.3 is 24.8 Å². The quantitative estimate of drug-likeness (QED) is 0.0644. The molecule has 4 heterocycles. The van der Waals surface area contributed by atoms with Crippen molar-refractivity contribution in [3.63, 3.8) is 0 Å². The monoisotopic (exact) mass is 794 g/mol. The maximum Gasteiger partial charge on any atom is 0.261 e. The van der Waals surface area contributed by atoms with Crippen LogP contribution >= 0.6 is 0 Å². The highest BCUT2D eigenvalue weighted by molar-refractivity contribution is 7.85. The second kappa shape index (κ2) is 17.2. The van der Waals surface area contributed by atoms with Gasteiger partial charge in [0.15, 0.2) is 0 Å². The zero-order valence-corrected chi connectivity index (χ0v) is 32.7. The van der Waals surface area contributed by atoms with Crippen molar-refractivity contribution in [3.05, 3.63) is 120 Å². The van der Waals surface area contributed by atoms with Crippen LogP contribution in [-0.4, -0.2) is 89.4 Å². The van der Waals surface area contributed by atoms with Crippen LogP contribution in [0.15, 0.2) is 98.1 Å². The lowest BCUT2D eigenvalue weighted by Gasteiger charge is -2.24. The van der Waals surface area contributed by atoms with Gasteiger partial charge in [-0.2, -0.15) is 0 Å². The molecule has 0 saturated carbocycles. The predicted octanol–water partition coefficient (Wildman–Crippen LogP) is 3.20. The van der Waals surface area contributed by atoms with Gasteiger partial charge in [0.05, 0.1) is 26.2 Å². The van der Waals surface area contributed by atoms with E-state index >= 15 is 0 Å². The van der Waals surface area contributed by atoms with Crippen LogP contribution < -0.4 is 20.5 Å². The fraction of sp³-hybridized carbons (Fsp3) is 0.250. The van der Waals surface area contributed by atoms with E-state index in [0.717, 1.165) is 71.9 Å². The van der Waals surface area contributed by atoms with Gasteiger partial charge in [0.1, 0.15) is 12.4 Å². The number of aromatic nitrogens is 4. The molecule has 0 saturated heterocycles. The number of aryl methyl sites for hydroxylation is 3. The molecule has 0 bridgehead atoms. The Labute approximate surface area is 328 Å². The average molecular weight is 795 g/mol. The number of rotatable bonds is 11. The van der Waals surface area contributed by atoms with Crippen molar-refractivity contribution in [2.24, 2.45) is 7.05 Å². The van der Waals surface area contributed by atoms with Gasteiger partial charge >= 0.3 is 0 Å². The normalized spacial score (nSPS) is 13.4. The second-order valence-electron chi connectivity index (χ2n) is 13.6. The fourth-order valence-electron chi connectivity index (χ4n) is 6.76. The number of nitrogens with one attached hydrogen (secondary N) is 2. The van der Waals surface area contributed by atoms with E-state index in [-0.39, 0.29) is 23.6 Å². The molecule has 57 heavy (non-hydrogen) atoms. The van der Waals surface area contributed by atoms with Gasteiger partial charge in [-0.05, 0) is 42.8 Å². The van der Waals surface area contributed by atoms with E-state index in [0.29, 0.717) is 28.5 Å². The molecule has 6 aromatic rings. The standard InChI is InChI=1S/C20H20N4O2.C19H18N4O2.CH4O4S/c1-22-11-12-24(13-22)10-4-9-21-17-8-7-16-18-14(17)5-3-6-15(18)19(25)23(2)20(16)26;1-22-18(24)14-5-2-4-13-16(7-6-15(17(13)14)19(22)25)21-8-3-10-23-11-9-20-12-23;1-6(3,4)5-2/h3,5-8,11-13H,4,9-10H2,1-2H3;2,4-7,9,11-12,21H,3,8,10H2,1H3;2H,1H3. The maximum atomic E-state index is 12.4. The Hall–Kier alpha value is -6.43. The summed E-state index contributed by atoms with van der Waals surface area (Å²) in [5.74, 6) is -0.989. The summed E-state index contributed by atoms with van der Waals surface area (Å²) in [7, 11) is 1.34. The number of carbonyl (C=O) groups excluding carboxylic acids is 4. The molecule has 0 aliphatic carbocycles. The third-order valence-corrected chi connectivity index (χ3v) is 9.79. The summed E-state index contributed by atoms with van der Waals surface area (Å²) < 4.78 is 27.8. The molecule has 4 amide bonds. The van der Waals surface area contributed by atoms with E-state index in [1.807, 2.05) is 71.0 Å². The van der Waals surface area contributed by atoms with Gasteiger partial charge in [-0.1, -0.05) is 24.3 Å². The van der Waals surface area contributed by atoms with Crippen LogP contribution in [0.2, 0.25) is 0 Å². The van der Waals surface area contributed by atoms with E-state index in [2.05, 4.69) is 37.0 Å². The minimum Gasteiger partial charge on any atom is -0.707 e. The average Bonchev–Trinajstić information content (AvgIpc) is 3.89. The van der Waals surface area contributed by atoms with Crippen molar-refractivity contribution in [1.29, 1.82) is 0 Å². The van der Waals surface area contributed by atoms with Crippen molar-refractivity contribution in [2.75, 3.05) is 44.1 Å². The van der Waals surface area contributed by atoms with Crippen LogP contribution in [0.1, 0.15) is 54.3 Å². The number of imidazole rings is 2. The minimum atomic E-state index is -3.72. The summed E-state index contributed by atoms with van der Waals surface area (Å²) in [6.45, 7) is 3.41. The summed E-state index contributed by atoms with van der Waals surface area (Å²) in [4.78, 5) is 56.0. The molecule has 16 nitrogen and oxygen atoms in total. The summed E-state index contributed by atoms with van der Waals surface area (Å²) in [5, 5.41) is 19.1. The molecule has 2 aromatic heterocycles. The molecular weight excluding hydrogens is 753 g/mol. The Morgan fingerprint density at radius 1 is 0.702 bits per heavy atom. The first-order chi connectivity index (χ1) is 27.3. The van der Waals surface area contributed by atoms with Crippen molar-refractivity contribution >= 4 is 66.7 Å². The number of hydrogen-bond acceptors (Lipinski definition) is 11. The van der Waals surface area contributed by atoms with Gasteiger partial charge in [0.2, 0.25) is 6.33 Å². The minimum absolute atomic E-state index is 0.245. The van der Waals surface area contributed by atoms with Gasteiger partial charge in [-0.15, -0.1) is 0 Å². The number of benzene rings is 4. The topological polar surface area (TPSA) is 192 Å². The molecule has 0 radical (unpaired) electrons. The molecule has 4 aromatic carbocycles. The van der Waals surface area contributed by atoms with E-state index in [9.17, 15) is 27.6 Å². The van der Waals surface area contributed by atoms with Crippen LogP contribution in [0.5, 0.6) is 0 Å². The van der Waals surface area contributed by atoms with Gasteiger partial charge in [0, 0.05) is 108 Å². The van der Waals surface area contributed by atoms with Crippen LogP contribution in [0.25, 0.3) is 21.5 Å². The first-order valence-corrected chi connectivity index (χ1v) is 19.8. The highest BCUT2D eigenvalue weighted by Crippen LogP contribution is 2.35. The number of nitrogens with zero attached hydrogens (tertiary/aromatic N) is 6. The van der Waals surface area contributed by atoms with Crippen LogP contribution in [0.4, 0.5) is 11.4 Å². The van der Waals surface area contributed by atoms with Crippen LogP contribution in [-0.2, 0) is 34.6 Å². The largest absolute Gasteiger partial charge is 0.707 e. The Morgan fingerprint density at radius 3 is 1.56 bits per heavy atom. The molecule has 8 rings (SSSR count). The smallest absolute Gasteiger partial charge is 0.261 e. The van der Waals surface area contributed by atoms with Gasteiger partial charge in [-0.3, -0.25) is 29.0 Å². The van der Waals surface area contributed by atoms with Crippen molar-refractivity contribution in [1.82, 2.24) is 23.9 Å². The molecule has 296 valence electrons. The number of anilines is 2. The maximum absolute atomic E-state index is 12.4. The lowest BCUT2D eigenvalue weighted by atomic mass is 9.93. The van der Waals surface area contributed by atoms with Gasteiger partial charge in [-0.25, -0.2) is 22.5 Å². The van der Waals surface area contributed by atoms with E-state index in [1.54, 1.807) is 30.7 Å². The molecular formula is C40H42N8O8S. The molecule has 0 unspecified atom stereocenters. The number of hydrogen-bond donors (Lipinski definition) is 2. The van der Waals surface area contributed by atoms with E-state index < -0.39 is 10.1 Å². The third kappa shape index (κ3) is 8.85. The molecule has 2 N–H and O–H groups in total. The first-order valence-electron chi connectivity index (χ1n) is 18.0. The van der Waals surface area contributed by atoms with E-state index in [1.165, 1.54) is 23.9 Å². The Balaban J connectivity index is 0.000000169. The SMILES string of the molecule is CN1C(=O)c2cccc3c(NCCCn4cc[n+](C)c4)ccc(c23)C1=O.CN1C(=O)c2cccc3c(NCCCn4ccnc4)ccc(c23)C1=O.CS(=O)(=O)O[O-]. The number of amides is 4. The lowest BCUT2D eigenvalue weighted by molar-refractivity contribution is -0.671.